The van der Waals surface area contributed by atoms with Gasteiger partial charge in [-0.2, -0.15) is 0 Å². The number of ether oxygens (including phenoxy) is 1. The molecule has 1 aromatic carbocycles. The Morgan fingerprint density at radius 3 is 2.75 bits per heavy atom. The van der Waals surface area contributed by atoms with Crippen LogP contribution in [-0.2, 0) is 4.79 Å². The molecule has 0 aliphatic heterocycles. The van der Waals surface area contributed by atoms with Crippen LogP contribution in [0.3, 0.4) is 0 Å². The van der Waals surface area contributed by atoms with Crippen molar-refractivity contribution in [3.8, 4) is 5.75 Å². The summed E-state index contributed by atoms with van der Waals surface area (Å²) in [5.74, 6) is 0.932. The van der Waals surface area contributed by atoms with Gasteiger partial charge in [0.1, 0.15) is 5.75 Å². The number of carbonyl (C=O) groups excluding carboxylic acids is 1. The third kappa shape index (κ3) is 5.02. The lowest BCUT2D eigenvalue weighted by Gasteiger charge is -2.17. The van der Waals surface area contributed by atoms with Crippen molar-refractivity contribution in [2.75, 3.05) is 27.7 Å². The summed E-state index contributed by atoms with van der Waals surface area (Å²) in [5, 5.41) is 3.86. The number of nitrogens with one attached hydrogen (secondary N) is 1. The van der Waals surface area contributed by atoms with Gasteiger partial charge in [0.25, 0.3) is 0 Å². The van der Waals surface area contributed by atoms with E-state index in [2.05, 4.69) is 5.32 Å². The Labute approximate surface area is 126 Å². The Kier molecular flexibility index (Phi) is 6.82. The minimum atomic E-state index is 0.119. The highest BCUT2D eigenvalue weighted by atomic mass is 35.5. The zero-order chi connectivity index (χ0) is 15.1. The van der Waals surface area contributed by atoms with Gasteiger partial charge in [0.15, 0.2) is 0 Å². The fourth-order valence-electron chi connectivity index (χ4n) is 1.77. The summed E-state index contributed by atoms with van der Waals surface area (Å²) >= 11 is 6.02. The van der Waals surface area contributed by atoms with Gasteiger partial charge < -0.3 is 15.0 Å². The summed E-state index contributed by atoms with van der Waals surface area (Å²) in [7, 11) is 5.41. The minimum Gasteiger partial charge on any atom is -0.493 e. The van der Waals surface area contributed by atoms with Gasteiger partial charge in [-0.3, -0.25) is 4.79 Å². The molecule has 4 nitrogen and oxygen atoms in total. The fourth-order valence-corrected chi connectivity index (χ4v) is 1.95. The zero-order valence-corrected chi connectivity index (χ0v) is 13.3. The second-order valence-electron chi connectivity index (χ2n) is 4.93. The summed E-state index contributed by atoms with van der Waals surface area (Å²) in [4.78, 5) is 13.1. The number of benzene rings is 1. The van der Waals surface area contributed by atoms with Gasteiger partial charge in [0, 0.05) is 37.1 Å². The molecule has 1 atom stereocenters. The van der Waals surface area contributed by atoms with Gasteiger partial charge in [-0.1, -0.05) is 11.6 Å². The number of halogens is 1. The smallest absolute Gasteiger partial charge is 0.222 e. The lowest BCUT2D eigenvalue weighted by atomic mass is 10.1. The maximum atomic E-state index is 11.5. The molecule has 1 rings (SSSR count). The van der Waals surface area contributed by atoms with Gasteiger partial charge in [-0.25, -0.2) is 0 Å². The van der Waals surface area contributed by atoms with Crippen LogP contribution in [0.25, 0.3) is 0 Å². The lowest BCUT2D eigenvalue weighted by Crippen LogP contribution is -2.21. The maximum Gasteiger partial charge on any atom is 0.222 e. The molecule has 0 heterocycles. The maximum absolute atomic E-state index is 11.5. The average Bonchev–Trinajstić information content (AvgIpc) is 2.43. The van der Waals surface area contributed by atoms with E-state index in [1.165, 1.54) is 0 Å². The van der Waals surface area contributed by atoms with Crippen molar-refractivity contribution in [2.24, 2.45) is 0 Å². The molecule has 1 aromatic rings. The molecule has 5 heteroatoms. The van der Waals surface area contributed by atoms with E-state index >= 15 is 0 Å². The monoisotopic (exact) mass is 298 g/mol. The standard InChI is InChI=1S/C15H23ClN2O2/c1-11(17-2)13-10-12(16)7-8-14(13)20-9-5-6-15(19)18(3)4/h7-8,10-11,17H,5-6,9H2,1-4H3. The molecule has 0 aliphatic carbocycles. The number of amides is 1. The van der Waals surface area contributed by atoms with Crippen LogP contribution >= 0.6 is 11.6 Å². The molecule has 0 bridgehead atoms. The minimum absolute atomic E-state index is 0.119. The normalized spacial score (nSPS) is 12.1. The highest BCUT2D eigenvalue weighted by Gasteiger charge is 2.11. The Morgan fingerprint density at radius 1 is 1.45 bits per heavy atom. The average molecular weight is 299 g/mol. The van der Waals surface area contributed by atoms with Crippen LogP contribution in [0.15, 0.2) is 18.2 Å². The van der Waals surface area contributed by atoms with Crippen molar-refractivity contribution in [1.82, 2.24) is 10.2 Å². The largest absolute Gasteiger partial charge is 0.493 e. The van der Waals surface area contributed by atoms with Gasteiger partial charge in [0.05, 0.1) is 6.61 Å². The summed E-state index contributed by atoms with van der Waals surface area (Å²) in [5.41, 5.74) is 1.03. The molecule has 0 aliphatic rings. The van der Waals surface area contributed by atoms with Crippen LogP contribution in [0.4, 0.5) is 0 Å². The van der Waals surface area contributed by atoms with Crippen LogP contribution in [0, 0.1) is 0 Å². The van der Waals surface area contributed by atoms with E-state index in [9.17, 15) is 4.79 Å². The van der Waals surface area contributed by atoms with Crippen molar-refractivity contribution in [3.05, 3.63) is 28.8 Å². The first-order valence-corrected chi connectivity index (χ1v) is 7.13. The Morgan fingerprint density at radius 2 is 2.15 bits per heavy atom. The van der Waals surface area contributed by atoms with E-state index in [0.717, 1.165) is 11.3 Å². The van der Waals surface area contributed by atoms with E-state index in [0.29, 0.717) is 24.5 Å². The summed E-state index contributed by atoms with van der Waals surface area (Å²) in [6, 6.07) is 5.75. The first kappa shape index (κ1) is 16.8. The number of rotatable bonds is 7. The van der Waals surface area contributed by atoms with Crippen molar-refractivity contribution in [2.45, 2.75) is 25.8 Å². The molecule has 0 spiro atoms. The topological polar surface area (TPSA) is 41.6 Å². The second-order valence-corrected chi connectivity index (χ2v) is 5.37. The quantitative estimate of drug-likeness (QED) is 0.787. The molecule has 0 fully saturated rings. The third-order valence-corrected chi connectivity index (χ3v) is 3.40. The summed E-state index contributed by atoms with van der Waals surface area (Å²) in [6.07, 6.45) is 1.20. The highest BCUT2D eigenvalue weighted by Crippen LogP contribution is 2.28. The number of carbonyl (C=O) groups is 1. The molecule has 1 N–H and O–H groups in total. The molecular weight excluding hydrogens is 276 g/mol. The molecular formula is C15H23ClN2O2. The summed E-state index contributed by atoms with van der Waals surface area (Å²) < 4.78 is 5.78. The Hall–Kier alpha value is -1.26. The Bertz CT molecular complexity index is 449. The Balaban J connectivity index is 2.57. The molecule has 0 radical (unpaired) electrons. The molecule has 0 saturated heterocycles. The van der Waals surface area contributed by atoms with E-state index < -0.39 is 0 Å². The predicted octanol–water partition coefficient (Wildman–Crippen LogP) is 2.87. The van der Waals surface area contributed by atoms with Crippen LogP contribution in [-0.4, -0.2) is 38.6 Å². The van der Waals surface area contributed by atoms with E-state index in [1.807, 2.05) is 32.2 Å². The van der Waals surface area contributed by atoms with Crippen molar-refractivity contribution < 1.29 is 9.53 Å². The predicted molar refractivity (Wildman–Crippen MR) is 82.3 cm³/mol. The number of hydrogen-bond donors (Lipinski definition) is 1. The van der Waals surface area contributed by atoms with E-state index in [-0.39, 0.29) is 11.9 Å². The molecule has 1 unspecified atom stereocenters. The van der Waals surface area contributed by atoms with Gasteiger partial charge in [-0.05, 0) is 38.6 Å². The zero-order valence-electron chi connectivity index (χ0n) is 12.6. The van der Waals surface area contributed by atoms with Gasteiger partial charge in [0.2, 0.25) is 5.91 Å². The summed E-state index contributed by atoms with van der Waals surface area (Å²) in [6.45, 7) is 2.57. The van der Waals surface area contributed by atoms with Crippen molar-refractivity contribution in [3.63, 3.8) is 0 Å². The molecule has 1 amide bonds. The molecule has 112 valence electrons. The van der Waals surface area contributed by atoms with E-state index in [1.54, 1.807) is 19.0 Å². The van der Waals surface area contributed by atoms with Gasteiger partial charge >= 0.3 is 0 Å². The third-order valence-electron chi connectivity index (χ3n) is 3.16. The van der Waals surface area contributed by atoms with Crippen molar-refractivity contribution in [1.29, 1.82) is 0 Å². The molecule has 0 aromatic heterocycles. The van der Waals surface area contributed by atoms with Crippen molar-refractivity contribution >= 4 is 17.5 Å². The fraction of sp³-hybridized carbons (Fsp3) is 0.533. The van der Waals surface area contributed by atoms with Gasteiger partial charge in [-0.15, -0.1) is 0 Å². The highest BCUT2D eigenvalue weighted by molar-refractivity contribution is 6.30. The lowest BCUT2D eigenvalue weighted by molar-refractivity contribution is -0.128. The second kappa shape index (κ2) is 8.12. The molecule has 20 heavy (non-hydrogen) atoms. The van der Waals surface area contributed by atoms with E-state index in [4.69, 9.17) is 16.3 Å². The first-order valence-electron chi connectivity index (χ1n) is 6.75. The van der Waals surface area contributed by atoms with Crippen LogP contribution in [0.2, 0.25) is 5.02 Å². The van der Waals surface area contributed by atoms with Crippen LogP contribution in [0.5, 0.6) is 5.75 Å². The number of nitrogens with zero attached hydrogens (tertiary/aromatic N) is 1. The van der Waals surface area contributed by atoms with Crippen LogP contribution in [0.1, 0.15) is 31.4 Å². The first-order chi connectivity index (χ1) is 9.45. The SMILES string of the molecule is CNC(C)c1cc(Cl)ccc1OCCCC(=O)N(C)C. The number of hydrogen-bond acceptors (Lipinski definition) is 3. The van der Waals surface area contributed by atoms with Crippen LogP contribution < -0.4 is 10.1 Å². The molecule has 0 saturated carbocycles.